The molecule has 2 bridgehead atoms. The molecule has 0 amide bonds. The van der Waals surface area contributed by atoms with Gasteiger partial charge in [-0.3, -0.25) is 14.1 Å². The fourth-order valence-corrected chi connectivity index (χ4v) is 2.77. The van der Waals surface area contributed by atoms with Crippen LogP contribution in [0, 0.1) is 0 Å². The van der Waals surface area contributed by atoms with Crippen molar-refractivity contribution in [2.45, 2.75) is 18.4 Å². The Morgan fingerprint density at radius 2 is 1.58 bits per heavy atom. The summed E-state index contributed by atoms with van der Waals surface area (Å²) in [6.45, 7) is 2.29. The molecule has 0 aliphatic carbocycles. The molecule has 0 spiro atoms. The normalized spacial score (nSPS) is 30.1. The first kappa shape index (κ1) is 19.1. The predicted octanol–water partition coefficient (Wildman–Crippen LogP) is -4.35. The van der Waals surface area contributed by atoms with Crippen molar-refractivity contribution in [2.24, 2.45) is 0 Å². The molecule has 0 radical (unpaired) electrons. The maximum atomic E-state index is 10.7. The van der Waals surface area contributed by atoms with E-state index in [0.717, 1.165) is 25.9 Å². The van der Waals surface area contributed by atoms with Crippen molar-refractivity contribution in [3.8, 4) is 0 Å². The minimum absolute atomic E-state index is 0. The molecule has 0 aromatic rings. The Hall–Kier alpha value is 0.1000. The van der Waals surface area contributed by atoms with Crippen molar-refractivity contribution in [3.05, 3.63) is 0 Å². The summed E-state index contributed by atoms with van der Waals surface area (Å²) in [6, 6.07) is 0. The predicted molar refractivity (Wildman–Crippen MR) is 59.5 cm³/mol. The summed E-state index contributed by atoms with van der Waals surface area (Å²) in [4.78, 5) is 40.4. The Bertz CT molecular complexity index is 349. The Morgan fingerprint density at radius 3 is 1.84 bits per heavy atom. The maximum Gasteiger partial charge on any atom is 0.470 e. The lowest BCUT2D eigenvalue weighted by Crippen LogP contribution is -3.22. The highest BCUT2D eigenvalue weighted by atomic mass is 31.2. The summed E-state index contributed by atoms with van der Waals surface area (Å²) >= 11 is 0. The minimum atomic E-state index is -4.89. The largest absolute Gasteiger partial charge is 0.756 e. The monoisotopic (exact) mass is 324 g/mol. The summed E-state index contributed by atoms with van der Waals surface area (Å²) in [7, 11) is -9.23. The first-order chi connectivity index (χ1) is 7.99. The van der Waals surface area contributed by atoms with E-state index in [4.69, 9.17) is 33.6 Å². The van der Waals surface area contributed by atoms with E-state index >= 15 is 0 Å². The standard InChI is InChI=1S/C6H13N2O4P.H3O4P.H2O/c9-13(10,11)12-6-1-3-8(4-2-6)7-5-6;1-5(2,3)4;/h7H,1-5H2,(H2,9,10,11);(H3,1,2,3,4);1H2. The second-order valence-corrected chi connectivity index (χ2v) is 6.36. The average Bonchev–Trinajstić information content (AvgIpc) is 2.14. The zero-order valence-corrected chi connectivity index (χ0v) is 11.6. The first-order valence-electron chi connectivity index (χ1n) is 5.11. The van der Waals surface area contributed by atoms with Gasteiger partial charge in [-0.05, 0) is 0 Å². The van der Waals surface area contributed by atoms with Crippen LogP contribution in [0.25, 0.3) is 0 Å². The third-order valence-corrected chi connectivity index (χ3v) is 3.36. The molecule has 0 aromatic heterocycles. The summed E-state index contributed by atoms with van der Waals surface area (Å²) < 4.78 is 24.3. The van der Waals surface area contributed by atoms with Gasteiger partial charge in [-0.2, -0.15) is 5.43 Å². The van der Waals surface area contributed by atoms with Crippen LogP contribution < -0.4 is 15.3 Å². The van der Waals surface area contributed by atoms with Crippen molar-refractivity contribution >= 4 is 15.6 Å². The van der Waals surface area contributed by atoms with Crippen molar-refractivity contribution in [1.82, 2.24) is 5.43 Å². The van der Waals surface area contributed by atoms with Gasteiger partial charge in [0.15, 0.2) is 0 Å². The van der Waals surface area contributed by atoms with Crippen LogP contribution in [0.4, 0.5) is 0 Å². The molecule has 8 N–H and O–H groups in total. The maximum absolute atomic E-state index is 10.7. The molecule has 116 valence electrons. The van der Waals surface area contributed by atoms with Gasteiger partial charge in [0.2, 0.25) is 0 Å². The van der Waals surface area contributed by atoms with Crippen LogP contribution >= 0.6 is 15.6 Å². The lowest BCUT2D eigenvalue weighted by atomic mass is 9.90. The number of phosphoric acid groups is 2. The Kier molecular flexibility index (Phi) is 6.74. The summed E-state index contributed by atoms with van der Waals surface area (Å²) in [5.41, 5.74) is 2.51. The topological polar surface area (TPSA) is 195 Å². The summed E-state index contributed by atoms with van der Waals surface area (Å²) in [5.74, 6) is 0. The van der Waals surface area contributed by atoms with E-state index in [2.05, 4.69) is 5.43 Å². The Labute approximate surface area is 109 Å². The molecule has 11 nitrogen and oxygen atoms in total. The van der Waals surface area contributed by atoms with Gasteiger partial charge >= 0.3 is 7.82 Å². The molecule has 3 aliphatic heterocycles. The van der Waals surface area contributed by atoms with Gasteiger partial charge in [0.1, 0.15) is 5.60 Å². The van der Waals surface area contributed by atoms with Crippen LogP contribution in [0.5, 0.6) is 0 Å². The smallest absolute Gasteiger partial charge is 0.470 e. The van der Waals surface area contributed by atoms with Crippen LogP contribution in [0.15, 0.2) is 0 Å². The van der Waals surface area contributed by atoms with E-state index in [0.29, 0.717) is 6.54 Å². The van der Waals surface area contributed by atoms with Crippen LogP contribution in [0.2, 0.25) is 0 Å². The molecular weight excluding hydrogens is 306 g/mol. The van der Waals surface area contributed by atoms with E-state index in [1.807, 2.05) is 0 Å². The Balaban J connectivity index is 0.000000471. The number of fused-ring (bicyclic) bond motifs is 3. The lowest BCUT2D eigenvalue weighted by molar-refractivity contribution is -0.962. The third kappa shape index (κ3) is 8.08. The average molecular weight is 324 g/mol. The summed E-state index contributed by atoms with van der Waals surface area (Å²) in [6.07, 6.45) is 1.45. The van der Waals surface area contributed by atoms with Crippen LogP contribution in [-0.4, -0.2) is 50.3 Å². The highest BCUT2D eigenvalue weighted by Crippen LogP contribution is 2.44. The van der Waals surface area contributed by atoms with Gasteiger partial charge in [-0.15, -0.1) is 0 Å². The minimum Gasteiger partial charge on any atom is -0.756 e. The number of nitrogens with one attached hydrogen (secondary N) is 2. The molecule has 3 saturated heterocycles. The Morgan fingerprint density at radius 1 is 1.16 bits per heavy atom. The molecule has 13 heteroatoms. The van der Waals surface area contributed by atoms with Gasteiger partial charge < -0.3 is 29.9 Å². The van der Waals surface area contributed by atoms with Crippen molar-refractivity contribution in [3.63, 3.8) is 0 Å². The fraction of sp³-hybridized carbons (Fsp3) is 1.00. The fourth-order valence-electron chi connectivity index (χ4n) is 2.02. The summed E-state index contributed by atoms with van der Waals surface area (Å²) in [5, 5.41) is 1.29. The lowest BCUT2D eigenvalue weighted by Gasteiger charge is -2.44. The zero-order valence-electron chi connectivity index (χ0n) is 9.85. The quantitative estimate of drug-likeness (QED) is 0.272. The molecule has 0 aromatic carbocycles. The molecule has 19 heavy (non-hydrogen) atoms. The highest BCUT2D eigenvalue weighted by molar-refractivity contribution is 7.46. The molecule has 3 rings (SSSR count). The van der Waals surface area contributed by atoms with Crippen molar-refractivity contribution in [1.29, 1.82) is 0 Å². The second kappa shape index (κ2) is 6.70. The first-order valence-corrected chi connectivity index (χ1v) is 8.17. The van der Waals surface area contributed by atoms with Crippen molar-refractivity contribution < 1.29 is 48.6 Å². The highest BCUT2D eigenvalue weighted by Gasteiger charge is 2.47. The molecule has 0 atom stereocenters. The number of quaternary nitrogens is 1. The van der Waals surface area contributed by atoms with Gasteiger partial charge in [0.25, 0.3) is 7.82 Å². The van der Waals surface area contributed by atoms with E-state index in [1.165, 1.54) is 5.01 Å². The van der Waals surface area contributed by atoms with E-state index < -0.39 is 21.2 Å². The SMILES string of the molecule is O.O=P(O)(O)OC12CC[NH+](CC1)NC2.O=P([O-])(O)O. The number of hydrogen-bond donors (Lipinski definition) is 6. The molecule has 0 unspecified atom stereocenters. The molecule has 3 fully saturated rings. The van der Waals surface area contributed by atoms with E-state index in [-0.39, 0.29) is 5.48 Å². The molecule has 3 heterocycles. The van der Waals surface area contributed by atoms with Gasteiger partial charge in [0, 0.05) is 12.8 Å². The second-order valence-electron chi connectivity index (χ2n) is 4.21. The molecule has 3 aliphatic rings. The molecule has 0 saturated carbocycles. The van der Waals surface area contributed by atoms with Crippen molar-refractivity contribution in [2.75, 3.05) is 19.6 Å². The number of rotatable bonds is 2. The van der Waals surface area contributed by atoms with Crippen LogP contribution in [0.1, 0.15) is 12.8 Å². The zero-order chi connectivity index (χ0) is 14.0. The number of phosphoric ester groups is 1. The van der Waals surface area contributed by atoms with Crippen LogP contribution in [0.3, 0.4) is 0 Å². The van der Waals surface area contributed by atoms with Crippen LogP contribution in [-0.2, 0) is 13.7 Å². The van der Waals surface area contributed by atoms with Gasteiger partial charge in [-0.1, -0.05) is 0 Å². The van der Waals surface area contributed by atoms with E-state index in [9.17, 15) is 4.57 Å². The third-order valence-electron chi connectivity index (χ3n) is 2.74. The van der Waals surface area contributed by atoms with Gasteiger partial charge in [-0.25, -0.2) is 4.57 Å². The molecular formula is C6H18N2O9P2. The number of piperidine rings is 1. The van der Waals surface area contributed by atoms with Gasteiger partial charge in [0.05, 0.1) is 19.6 Å². The number of hydrogen-bond acceptors (Lipinski definition) is 5. The van der Waals surface area contributed by atoms with E-state index in [1.54, 1.807) is 0 Å².